The van der Waals surface area contributed by atoms with E-state index >= 15 is 0 Å². The Morgan fingerprint density at radius 1 is 1.43 bits per heavy atom. The molecular formula is C16H17ClN2O2. The smallest absolute Gasteiger partial charge is 0.228 e. The number of oxazole rings is 1. The summed E-state index contributed by atoms with van der Waals surface area (Å²) in [4.78, 5) is 18.5. The van der Waals surface area contributed by atoms with E-state index in [0.29, 0.717) is 28.9 Å². The minimum absolute atomic E-state index is 0.121. The fraction of sp³-hybridized carbons (Fsp3) is 0.375. The Kier molecular flexibility index (Phi) is 3.97. The second-order valence-electron chi connectivity index (χ2n) is 5.56. The van der Waals surface area contributed by atoms with Gasteiger partial charge in [-0.05, 0) is 36.6 Å². The third-order valence-corrected chi connectivity index (χ3v) is 4.00. The predicted molar refractivity (Wildman–Crippen MR) is 81.0 cm³/mol. The molecule has 0 aliphatic carbocycles. The zero-order valence-electron chi connectivity index (χ0n) is 11.9. The first-order valence-electron chi connectivity index (χ1n) is 7.10. The van der Waals surface area contributed by atoms with Gasteiger partial charge in [0.2, 0.25) is 11.8 Å². The standard InChI is InChI=1S/C16H17ClN2O2/c1-11-6-7-19(9-11)15(20)8-14-10-21-16(18-14)12-2-4-13(17)5-3-12/h2-5,10-11H,6-9H2,1H3. The largest absolute Gasteiger partial charge is 0.444 e. The molecule has 2 heterocycles. The highest BCUT2D eigenvalue weighted by atomic mass is 35.5. The molecule has 21 heavy (non-hydrogen) atoms. The van der Waals surface area contributed by atoms with Gasteiger partial charge < -0.3 is 9.32 Å². The van der Waals surface area contributed by atoms with E-state index in [4.69, 9.17) is 16.0 Å². The number of likely N-dealkylation sites (tertiary alicyclic amines) is 1. The highest BCUT2D eigenvalue weighted by molar-refractivity contribution is 6.30. The molecule has 110 valence electrons. The van der Waals surface area contributed by atoms with E-state index < -0.39 is 0 Å². The maximum Gasteiger partial charge on any atom is 0.228 e. The number of amides is 1. The number of halogens is 1. The molecule has 1 aliphatic rings. The molecule has 1 aromatic carbocycles. The van der Waals surface area contributed by atoms with Crippen LogP contribution in [0.5, 0.6) is 0 Å². The molecule has 2 aromatic rings. The van der Waals surface area contributed by atoms with Crippen molar-refractivity contribution in [3.63, 3.8) is 0 Å². The molecule has 5 heteroatoms. The van der Waals surface area contributed by atoms with Gasteiger partial charge in [0, 0.05) is 23.7 Å². The van der Waals surface area contributed by atoms with Gasteiger partial charge in [0.15, 0.2) is 0 Å². The Morgan fingerprint density at radius 2 is 2.19 bits per heavy atom. The Labute approximate surface area is 128 Å². The van der Waals surface area contributed by atoms with Gasteiger partial charge >= 0.3 is 0 Å². The minimum atomic E-state index is 0.121. The molecular weight excluding hydrogens is 288 g/mol. The van der Waals surface area contributed by atoms with Crippen molar-refractivity contribution in [1.82, 2.24) is 9.88 Å². The molecule has 1 amide bonds. The molecule has 0 radical (unpaired) electrons. The van der Waals surface area contributed by atoms with E-state index in [1.54, 1.807) is 18.4 Å². The van der Waals surface area contributed by atoms with Gasteiger partial charge in [0.05, 0.1) is 12.1 Å². The topological polar surface area (TPSA) is 46.3 Å². The zero-order valence-corrected chi connectivity index (χ0v) is 12.6. The highest BCUT2D eigenvalue weighted by Crippen LogP contribution is 2.22. The van der Waals surface area contributed by atoms with E-state index in [-0.39, 0.29) is 5.91 Å². The van der Waals surface area contributed by atoms with Crippen molar-refractivity contribution < 1.29 is 9.21 Å². The average Bonchev–Trinajstić information content (AvgIpc) is 3.09. The first-order chi connectivity index (χ1) is 10.1. The number of carbonyl (C=O) groups excluding carboxylic acids is 1. The maximum atomic E-state index is 12.2. The first kappa shape index (κ1) is 14.1. The van der Waals surface area contributed by atoms with Crippen LogP contribution in [-0.2, 0) is 11.2 Å². The van der Waals surface area contributed by atoms with Crippen LogP contribution >= 0.6 is 11.6 Å². The third-order valence-electron chi connectivity index (χ3n) is 3.75. The molecule has 1 unspecified atom stereocenters. The molecule has 1 saturated heterocycles. The van der Waals surface area contributed by atoms with Crippen LogP contribution in [0, 0.1) is 5.92 Å². The van der Waals surface area contributed by atoms with Crippen LogP contribution in [0.4, 0.5) is 0 Å². The predicted octanol–water partition coefficient (Wildman–Crippen LogP) is 3.41. The van der Waals surface area contributed by atoms with Crippen molar-refractivity contribution >= 4 is 17.5 Å². The summed E-state index contributed by atoms with van der Waals surface area (Å²) in [5, 5.41) is 0.670. The van der Waals surface area contributed by atoms with Crippen molar-refractivity contribution in [1.29, 1.82) is 0 Å². The van der Waals surface area contributed by atoms with E-state index in [1.165, 1.54) is 0 Å². The SMILES string of the molecule is CC1CCN(C(=O)Cc2coc(-c3ccc(Cl)cc3)n2)C1. The summed E-state index contributed by atoms with van der Waals surface area (Å²) in [6.45, 7) is 3.87. The maximum absolute atomic E-state index is 12.2. The summed E-state index contributed by atoms with van der Waals surface area (Å²) < 4.78 is 5.45. The van der Waals surface area contributed by atoms with E-state index in [0.717, 1.165) is 25.1 Å². The Morgan fingerprint density at radius 3 is 2.86 bits per heavy atom. The van der Waals surface area contributed by atoms with Gasteiger partial charge in [-0.25, -0.2) is 4.98 Å². The van der Waals surface area contributed by atoms with Gasteiger partial charge in [-0.15, -0.1) is 0 Å². The van der Waals surface area contributed by atoms with E-state index in [9.17, 15) is 4.79 Å². The molecule has 0 spiro atoms. The third kappa shape index (κ3) is 3.27. The number of carbonyl (C=O) groups is 1. The molecule has 1 atom stereocenters. The lowest BCUT2D eigenvalue weighted by Gasteiger charge is -2.14. The molecule has 0 bridgehead atoms. The molecule has 1 fully saturated rings. The molecule has 1 aromatic heterocycles. The van der Waals surface area contributed by atoms with E-state index in [2.05, 4.69) is 11.9 Å². The highest BCUT2D eigenvalue weighted by Gasteiger charge is 2.24. The van der Waals surface area contributed by atoms with Crippen LogP contribution in [0.1, 0.15) is 19.0 Å². The van der Waals surface area contributed by atoms with Gasteiger partial charge in [0.25, 0.3) is 0 Å². The van der Waals surface area contributed by atoms with Crippen molar-refractivity contribution in [2.24, 2.45) is 5.92 Å². The number of nitrogens with zero attached hydrogens (tertiary/aromatic N) is 2. The van der Waals surface area contributed by atoms with Crippen molar-refractivity contribution in [3.05, 3.63) is 41.2 Å². The summed E-state index contributed by atoms with van der Waals surface area (Å²) in [6, 6.07) is 7.28. The first-order valence-corrected chi connectivity index (χ1v) is 7.48. The monoisotopic (exact) mass is 304 g/mol. The Bertz CT molecular complexity index is 636. The van der Waals surface area contributed by atoms with Crippen molar-refractivity contribution in [2.45, 2.75) is 19.8 Å². The number of hydrogen-bond acceptors (Lipinski definition) is 3. The second kappa shape index (κ2) is 5.90. The lowest BCUT2D eigenvalue weighted by atomic mass is 10.2. The van der Waals surface area contributed by atoms with E-state index in [1.807, 2.05) is 17.0 Å². The Hall–Kier alpha value is -1.81. The number of benzene rings is 1. The molecule has 0 N–H and O–H groups in total. The lowest BCUT2D eigenvalue weighted by molar-refractivity contribution is -0.129. The van der Waals surface area contributed by atoms with Gasteiger partial charge in [-0.2, -0.15) is 0 Å². The summed E-state index contributed by atoms with van der Waals surface area (Å²) >= 11 is 5.86. The fourth-order valence-corrected chi connectivity index (χ4v) is 2.67. The van der Waals surface area contributed by atoms with Crippen LogP contribution < -0.4 is 0 Å². The number of rotatable bonds is 3. The van der Waals surface area contributed by atoms with Crippen molar-refractivity contribution in [2.75, 3.05) is 13.1 Å². The van der Waals surface area contributed by atoms with Gasteiger partial charge in [0.1, 0.15) is 6.26 Å². The summed E-state index contributed by atoms with van der Waals surface area (Å²) in [7, 11) is 0. The summed E-state index contributed by atoms with van der Waals surface area (Å²) in [6.07, 6.45) is 2.94. The Balaban J connectivity index is 1.67. The molecule has 4 nitrogen and oxygen atoms in total. The molecule has 0 saturated carbocycles. The average molecular weight is 305 g/mol. The van der Waals surface area contributed by atoms with Gasteiger partial charge in [-0.1, -0.05) is 18.5 Å². The quantitative estimate of drug-likeness (QED) is 0.873. The molecule has 3 rings (SSSR count). The number of aromatic nitrogens is 1. The zero-order chi connectivity index (χ0) is 14.8. The molecule has 1 aliphatic heterocycles. The fourth-order valence-electron chi connectivity index (χ4n) is 2.54. The summed E-state index contributed by atoms with van der Waals surface area (Å²) in [5.41, 5.74) is 1.53. The van der Waals surface area contributed by atoms with Gasteiger partial charge in [-0.3, -0.25) is 4.79 Å². The van der Waals surface area contributed by atoms with Crippen LogP contribution in [-0.4, -0.2) is 28.9 Å². The second-order valence-corrected chi connectivity index (χ2v) is 6.00. The van der Waals surface area contributed by atoms with Crippen LogP contribution in [0.25, 0.3) is 11.5 Å². The number of hydrogen-bond donors (Lipinski definition) is 0. The van der Waals surface area contributed by atoms with Crippen molar-refractivity contribution in [3.8, 4) is 11.5 Å². The minimum Gasteiger partial charge on any atom is -0.444 e. The normalized spacial score (nSPS) is 18.2. The van der Waals surface area contributed by atoms with Crippen LogP contribution in [0.3, 0.4) is 0 Å². The lowest BCUT2D eigenvalue weighted by Crippen LogP contribution is -2.29. The summed E-state index contributed by atoms with van der Waals surface area (Å²) in [5.74, 6) is 1.23. The van der Waals surface area contributed by atoms with Crippen LogP contribution in [0.15, 0.2) is 34.9 Å². The van der Waals surface area contributed by atoms with Crippen LogP contribution in [0.2, 0.25) is 5.02 Å².